The average molecular weight is 166 g/mol. The van der Waals surface area contributed by atoms with E-state index >= 15 is 0 Å². The molecule has 0 amide bonds. The van der Waals surface area contributed by atoms with Crippen molar-refractivity contribution < 1.29 is 4.52 Å². The molecule has 0 aromatic carbocycles. The molecule has 12 heavy (non-hydrogen) atoms. The number of hydrogen-bond acceptors (Lipinski definition) is 3. The van der Waals surface area contributed by atoms with Crippen LogP contribution in [0.1, 0.15) is 36.3 Å². The third-order valence-electron chi connectivity index (χ3n) is 2.52. The van der Waals surface area contributed by atoms with Crippen molar-refractivity contribution in [3.05, 3.63) is 17.0 Å². The van der Waals surface area contributed by atoms with Gasteiger partial charge in [-0.1, -0.05) is 12.1 Å². The van der Waals surface area contributed by atoms with Crippen LogP contribution in [0.25, 0.3) is 0 Å². The molecule has 1 aliphatic carbocycles. The molecular weight excluding hydrogens is 152 g/mol. The number of hydrogen-bond donors (Lipinski definition) is 1. The van der Waals surface area contributed by atoms with Gasteiger partial charge < -0.3 is 9.84 Å². The number of nitrogens with zero attached hydrogens (tertiary/aromatic N) is 1. The highest BCUT2D eigenvalue weighted by atomic mass is 16.5. The van der Waals surface area contributed by atoms with Gasteiger partial charge in [-0.15, -0.1) is 0 Å². The maximum absolute atomic E-state index is 5.28. The van der Waals surface area contributed by atoms with Gasteiger partial charge in [0.25, 0.3) is 0 Å². The van der Waals surface area contributed by atoms with Gasteiger partial charge in [-0.05, 0) is 19.9 Å². The number of rotatable bonds is 2. The summed E-state index contributed by atoms with van der Waals surface area (Å²) in [6.07, 6.45) is 2.35. The summed E-state index contributed by atoms with van der Waals surface area (Å²) in [4.78, 5) is 0. The topological polar surface area (TPSA) is 38.1 Å². The summed E-state index contributed by atoms with van der Waals surface area (Å²) in [6.45, 7) is 3.02. The second-order valence-corrected chi connectivity index (χ2v) is 3.44. The van der Waals surface area contributed by atoms with Crippen LogP contribution >= 0.6 is 0 Å². The molecule has 0 radical (unpaired) electrons. The standard InChI is InChI=1S/C9H14N2O/c1-6-3-4-7-8(5-10-2)11-12-9(6)7/h6,10H,3-5H2,1-2H3. The summed E-state index contributed by atoms with van der Waals surface area (Å²) in [5.74, 6) is 1.68. The molecule has 1 N–H and O–H groups in total. The van der Waals surface area contributed by atoms with Crippen LogP contribution in [-0.4, -0.2) is 12.2 Å². The van der Waals surface area contributed by atoms with Gasteiger partial charge >= 0.3 is 0 Å². The van der Waals surface area contributed by atoms with Gasteiger partial charge in [0, 0.05) is 18.0 Å². The Morgan fingerprint density at radius 2 is 2.50 bits per heavy atom. The summed E-state index contributed by atoms with van der Waals surface area (Å²) < 4.78 is 5.28. The van der Waals surface area contributed by atoms with Crippen molar-refractivity contribution >= 4 is 0 Å². The molecule has 3 nitrogen and oxygen atoms in total. The van der Waals surface area contributed by atoms with E-state index in [1.165, 1.54) is 12.0 Å². The molecule has 66 valence electrons. The Hall–Kier alpha value is -0.830. The van der Waals surface area contributed by atoms with E-state index in [0.29, 0.717) is 5.92 Å². The maximum atomic E-state index is 5.28. The Bertz CT molecular complexity index is 280. The summed E-state index contributed by atoms with van der Waals surface area (Å²) in [5.41, 5.74) is 2.44. The van der Waals surface area contributed by atoms with E-state index < -0.39 is 0 Å². The minimum absolute atomic E-state index is 0.568. The molecule has 0 bridgehead atoms. The second-order valence-electron chi connectivity index (χ2n) is 3.44. The summed E-state index contributed by atoms with van der Waals surface area (Å²) in [7, 11) is 1.93. The summed E-state index contributed by atoms with van der Waals surface area (Å²) >= 11 is 0. The molecule has 0 saturated heterocycles. The van der Waals surface area contributed by atoms with Crippen molar-refractivity contribution in [1.82, 2.24) is 10.5 Å². The molecule has 0 aliphatic heterocycles. The maximum Gasteiger partial charge on any atom is 0.143 e. The first-order valence-electron chi connectivity index (χ1n) is 4.45. The van der Waals surface area contributed by atoms with Crippen LogP contribution in [0.5, 0.6) is 0 Å². The fraction of sp³-hybridized carbons (Fsp3) is 0.667. The first-order chi connectivity index (χ1) is 5.83. The quantitative estimate of drug-likeness (QED) is 0.722. The van der Waals surface area contributed by atoms with Gasteiger partial charge in [-0.2, -0.15) is 0 Å². The van der Waals surface area contributed by atoms with Crippen molar-refractivity contribution in [3.8, 4) is 0 Å². The average Bonchev–Trinajstić information content (AvgIpc) is 2.58. The lowest BCUT2D eigenvalue weighted by Gasteiger charge is -1.94. The van der Waals surface area contributed by atoms with Gasteiger partial charge in [-0.3, -0.25) is 0 Å². The summed E-state index contributed by atoms with van der Waals surface area (Å²) in [6, 6.07) is 0. The van der Waals surface area contributed by atoms with Crippen molar-refractivity contribution in [2.75, 3.05) is 7.05 Å². The smallest absolute Gasteiger partial charge is 0.143 e. The van der Waals surface area contributed by atoms with Crippen molar-refractivity contribution in [2.45, 2.75) is 32.2 Å². The Morgan fingerprint density at radius 3 is 3.25 bits per heavy atom. The zero-order chi connectivity index (χ0) is 8.55. The van der Waals surface area contributed by atoms with Crippen molar-refractivity contribution in [2.24, 2.45) is 0 Å². The molecular formula is C9H14N2O. The van der Waals surface area contributed by atoms with Crippen LogP contribution in [0.3, 0.4) is 0 Å². The van der Waals surface area contributed by atoms with E-state index in [4.69, 9.17) is 4.52 Å². The van der Waals surface area contributed by atoms with Crippen LogP contribution in [0.15, 0.2) is 4.52 Å². The zero-order valence-electron chi connectivity index (χ0n) is 7.55. The fourth-order valence-electron chi connectivity index (χ4n) is 1.81. The number of nitrogens with one attached hydrogen (secondary N) is 1. The van der Waals surface area contributed by atoms with E-state index in [0.717, 1.165) is 24.4 Å². The minimum atomic E-state index is 0.568. The Kier molecular flexibility index (Phi) is 1.89. The van der Waals surface area contributed by atoms with Crippen LogP contribution < -0.4 is 5.32 Å². The van der Waals surface area contributed by atoms with Gasteiger partial charge in [0.05, 0.1) is 0 Å². The lowest BCUT2D eigenvalue weighted by Crippen LogP contribution is -2.06. The van der Waals surface area contributed by atoms with E-state index in [1.807, 2.05) is 7.05 Å². The molecule has 1 aromatic rings. The molecule has 1 unspecified atom stereocenters. The monoisotopic (exact) mass is 166 g/mol. The van der Waals surface area contributed by atoms with Gasteiger partial charge in [0.1, 0.15) is 11.5 Å². The van der Waals surface area contributed by atoms with E-state index in [1.54, 1.807) is 0 Å². The third-order valence-corrected chi connectivity index (χ3v) is 2.52. The highest BCUT2D eigenvalue weighted by Gasteiger charge is 2.26. The molecule has 0 saturated carbocycles. The minimum Gasteiger partial charge on any atom is -0.361 e. The van der Waals surface area contributed by atoms with Gasteiger partial charge in [0.15, 0.2) is 0 Å². The molecule has 1 aromatic heterocycles. The highest BCUT2D eigenvalue weighted by Crippen LogP contribution is 2.34. The second kappa shape index (κ2) is 2.90. The van der Waals surface area contributed by atoms with E-state index in [-0.39, 0.29) is 0 Å². The van der Waals surface area contributed by atoms with Gasteiger partial charge in [-0.25, -0.2) is 0 Å². The molecule has 2 rings (SSSR count). The normalized spacial score (nSPS) is 21.3. The predicted octanol–water partition coefficient (Wildman–Crippen LogP) is 1.44. The van der Waals surface area contributed by atoms with Gasteiger partial charge in [0.2, 0.25) is 0 Å². The van der Waals surface area contributed by atoms with E-state index in [2.05, 4.69) is 17.4 Å². The first kappa shape index (κ1) is 7.80. The lowest BCUT2D eigenvalue weighted by molar-refractivity contribution is 0.361. The molecule has 1 atom stereocenters. The molecule has 3 heteroatoms. The summed E-state index contributed by atoms with van der Waals surface area (Å²) in [5, 5.41) is 7.13. The zero-order valence-corrected chi connectivity index (χ0v) is 7.55. The third kappa shape index (κ3) is 1.05. The van der Waals surface area contributed by atoms with Crippen LogP contribution in [-0.2, 0) is 13.0 Å². The Labute approximate surface area is 72.1 Å². The van der Waals surface area contributed by atoms with E-state index in [9.17, 15) is 0 Å². The highest BCUT2D eigenvalue weighted by molar-refractivity contribution is 5.30. The molecule has 1 heterocycles. The first-order valence-corrected chi connectivity index (χ1v) is 4.45. The number of fused-ring (bicyclic) bond motifs is 1. The Morgan fingerprint density at radius 1 is 1.67 bits per heavy atom. The fourth-order valence-corrected chi connectivity index (χ4v) is 1.81. The van der Waals surface area contributed by atoms with Crippen molar-refractivity contribution in [1.29, 1.82) is 0 Å². The molecule has 0 fully saturated rings. The predicted molar refractivity (Wildman–Crippen MR) is 46.0 cm³/mol. The number of aromatic nitrogens is 1. The molecule has 0 spiro atoms. The SMILES string of the molecule is CNCc1noc2c1CCC2C. The Balaban J connectivity index is 2.30. The largest absolute Gasteiger partial charge is 0.361 e. The molecule has 1 aliphatic rings. The van der Waals surface area contributed by atoms with Crippen molar-refractivity contribution in [3.63, 3.8) is 0 Å². The van der Waals surface area contributed by atoms with Crippen LogP contribution in [0, 0.1) is 0 Å². The van der Waals surface area contributed by atoms with Crippen LogP contribution in [0.2, 0.25) is 0 Å². The van der Waals surface area contributed by atoms with Crippen LogP contribution in [0.4, 0.5) is 0 Å². The lowest BCUT2D eigenvalue weighted by atomic mass is 10.1.